The molecule has 1 amide bonds. The van der Waals surface area contributed by atoms with E-state index in [0.717, 1.165) is 6.92 Å². The number of aliphatic hydroxyl groups is 3. The summed E-state index contributed by atoms with van der Waals surface area (Å²) in [4.78, 5) is 84.5. The van der Waals surface area contributed by atoms with Crippen LogP contribution in [0.25, 0.3) is 0 Å². The number of fused-ring (bicyclic) bond motifs is 10. The number of aliphatic hydroxyl groups excluding tert-OH is 2. The van der Waals surface area contributed by atoms with Gasteiger partial charge in [-0.1, -0.05) is 58.9 Å². The predicted octanol–water partition coefficient (Wildman–Crippen LogP) is 3.87. The van der Waals surface area contributed by atoms with Crippen LogP contribution in [-0.2, 0) is 42.9 Å². The lowest BCUT2D eigenvalue weighted by atomic mass is 9.44. The Morgan fingerprint density at radius 2 is 1.56 bits per heavy atom. The van der Waals surface area contributed by atoms with Gasteiger partial charge in [-0.25, -0.2) is 9.59 Å². The second kappa shape index (κ2) is 16.0. The minimum Gasteiger partial charge on any atom is -0.456 e. The molecule has 5 aliphatic rings. The molecule has 1 saturated heterocycles. The van der Waals surface area contributed by atoms with Gasteiger partial charge < -0.3 is 44.3 Å². The minimum atomic E-state index is -2.37. The highest BCUT2D eigenvalue weighted by Gasteiger charge is 2.78. The zero-order chi connectivity index (χ0) is 45.4. The fourth-order valence-electron chi connectivity index (χ4n) is 10.9. The molecule has 1 unspecified atom stereocenters. The van der Waals surface area contributed by atoms with Crippen LogP contribution in [0.3, 0.4) is 0 Å². The summed E-state index contributed by atoms with van der Waals surface area (Å²) in [5.74, 6) is -7.18. The minimum absolute atomic E-state index is 0.0215. The van der Waals surface area contributed by atoms with Crippen molar-refractivity contribution in [2.75, 3.05) is 6.61 Å². The molecule has 2 aromatic rings. The van der Waals surface area contributed by atoms with Gasteiger partial charge in [-0.2, -0.15) is 0 Å². The number of nitrogens with one attached hydrogen (secondary N) is 1. The molecule has 7 bridgehead atoms. The second-order valence-corrected chi connectivity index (χ2v) is 18.9. The Bertz CT molecular complexity index is 2230. The van der Waals surface area contributed by atoms with E-state index in [4.69, 9.17) is 23.7 Å². The van der Waals surface area contributed by atoms with Crippen LogP contribution >= 0.6 is 0 Å². The van der Waals surface area contributed by atoms with Crippen molar-refractivity contribution in [3.8, 4) is 0 Å². The fourth-order valence-corrected chi connectivity index (χ4v) is 10.9. The van der Waals surface area contributed by atoms with E-state index >= 15 is 4.79 Å². The van der Waals surface area contributed by atoms with E-state index < -0.39 is 113 Å². The highest BCUT2D eigenvalue weighted by molar-refractivity contribution is 5.96. The van der Waals surface area contributed by atoms with Crippen LogP contribution in [0.2, 0.25) is 0 Å². The van der Waals surface area contributed by atoms with E-state index in [2.05, 4.69) is 5.32 Å². The number of carbonyl (C=O) groups excluding carboxylic acids is 6. The first-order chi connectivity index (χ1) is 29.0. The van der Waals surface area contributed by atoms with Gasteiger partial charge in [0, 0.05) is 43.6 Å². The third-order valence-corrected chi connectivity index (χ3v) is 14.4. The highest BCUT2D eigenvalue weighted by Crippen LogP contribution is 2.64. The molecular weight excluding hydrogens is 803 g/mol. The molecule has 2 saturated carbocycles. The van der Waals surface area contributed by atoms with Crippen molar-refractivity contribution in [3.63, 3.8) is 0 Å². The molecule has 3 aliphatic carbocycles. The SMILES string of the molecule is CC(=O)O[C@H]1C(=O)[C@]2(C)[C@@H](O)C[C@H]3OC[C@@]3(OC(C)=O)[C@@H]2[C@@H]2OC(=O)c3cccc(c3)C(C)c3cccc(c3)C(=O)N[C@@H](CC(C)C)[C@@H](O)C(=O)O[C@H]3C[C@@]2(O)C(C)(C)C1=C3C. The first-order valence-electron chi connectivity index (χ1n) is 21.2. The van der Waals surface area contributed by atoms with E-state index in [-0.39, 0.29) is 53.6 Å². The zero-order valence-corrected chi connectivity index (χ0v) is 36.6. The molecule has 2 heterocycles. The maximum atomic E-state index is 15.5. The molecule has 4 N–H and O–H groups in total. The van der Waals surface area contributed by atoms with Crippen molar-refractivity contribution in [1.29, 1.82) is 0 Å². The molecule has 0 spiro atoms. The number of Topliss-reactive ketones (excluding diaryl/α,β-unsaturated/α-hetero) is 1. The molecule has 0 radical (unpaired) electrons. The average molecular weight is 860 g/mol. The summed E-state index contributed by atoms with van der Waals surface area (Å²) in [6, 6.07) is 12.3. The van der Waals surface area contributed by atoms with E-state index in [9.17, 15) is 39.3 Å². The molecule has 15 nitrogen and oxygen atoms in total. The average Bonchev–Trinajstić information content (AvgIpc) is 3.20. The lowest BCUT2D eigenvalue weighted by Crippen LogP contribution is -2.82. The van der Waals surface area contributed by atoms with Crippen LogP contribution in [0.15, 0.2) is 59.7 Å². The van der Waals surface area contributed by atoms with Crippen molar-refractivity contribution in [1.82, 2.24) is 5.32 Å². The standard InChI is InChI=1S/C47H57NO14/c1-22(2)16-31-36(52)43(56)60-32-20-47(57)40(61-42(55)30-15-11-13-28(18-30)23(3)27-12-10-14-29(17-27)41(54)48-31)38-45(9,33(51)19-34-46(38,21-58-34)62-26(6)50)39(53)37(59-25(5)49)35(24(32)4)44(47,7)8/h10-15,17-18,22-23,31-34,36-38,40,51-52,57H,16,19-21H2,1-9H3,(H,48,54)/t23?,31-,32-,33-,34+,36+,37+,38+,40-,45+,46-,47-/m0/s1. The lowest BCUT2D eigenvalue weighted by molar-refractivity contribution is -0.346. The van der Waals surface area contributed by atoms with Gasteiger partial charge in [-0.15, -0.1) is 0 Å². The van der Waals surface area contributed by atoms with Crippen molar-refractivity contribution in [3.05, 3.63) is 81.9 Å². The van der Waals surface area contributed by atoms with E-state index in [1.165, 1.54) is 19.9 Å². The summed E-state index contributed by atoms with van der Waals surface area (Å²) in [6.45, 7) is 13.7. The number of hydrogen-bond donors (Lipinski definition) is 4. The summed E-state index contributed by atoms with van der Waals surface area (Å²) >= 11 is 0. The zero-order valence-electron chi connectivity index (χ0n) is 36.6. The topological polar surface area (TPSA) is 221 Å². The van der Waals surface area contributed by atoms with Gasteiger partial charge >= 0.3 is 23.9 Å². The lowest BCUT2D eigenvalue weighted by Gasteiger charge is -2.67. The van der Waals surface area contributed by atoms with Crippen LogP contribution in [0.4, 0.5) is 0 Å². The fraction of sp³-hybridized carbons (Fsp3) is 0.574. The molecule has 15 heteroatoms. The van der Waals surface area contributed by atoms with Crippen LogP contribution in [0, 0.1) is 22.7 Å². The third kappa shape index (κ3) is 7.14. The van der Waals surface area contributed by atoms with Crippen LogP contribution < -0.4 is 5.32 Å². The Hall–Kier alpha value is -4.96. The highest BCUT2D eigenvalue weighted by atomic mass is 16.6. The van der Waals surface area contributed by atoms with Crippen LogP contribution in [-0.4, -0.2) is 111 Å². The Kier molecular flexibility index (Phi) is 11.6. The Balaban J connectivity index is 1.51. The van der Waals surface area contributed by atoms with E-state index in [1.807, 2.05) is 26.8 Å². The summed E-state index contributed by atoms with van der Waals surface area (Å²) in [6.07, 6.45) is -10.1. The van der Waals surface area contributed by atoms with Gasteiger partial charge in [0.2, 0.25) is 0 Å². The summed E-state index contributed by atoms with van der Waals surface area (Å²) in [5, 5.41) is 40.4. The van der Waals surface area contributed by atoms with Gasteiger partial charge in [-0.05, 0) is 72.7 Å². The largest absolute Gasteiger partial charge is 0.456 e. The quantitative estimate of drug-likeness (QED) is 0.195. The summed E-state index contributed by atoms with van der Waals surface area (Å²) in [7, 11) is 0. The number of benzene rings is 2. The molecule has 2 aliphatic heterocycles. The first-order valence-corrected chi connectivity index (χ1v) is 21.2. The monoisotopic (exact) mass is 859 g/mol. The molecule has 7 rings (SSSR count). The van der Waals surface area contributed by atoms with Gasteiger partial charge in [0.25, 0.3) is 5.91 Å². The number of carbonyl (C=O) groups is 6. The number of rotatable bonds is 4. The Morgan fingerprint density at radius 1 is 0.935 bits per heavy atom. The van der Waals surface area contributed by atoms with E-state index in [1.54, 1.807) is 57.2 Å². The normalized spacial score (nSPS) is 36.8. The Morgan fingerprint density at radius 3 is 2.15 bits per heavy atom. The summed E-state index contributed by atoms with van der Waals surface area (Å²) < 4.78 is 30.6. The van der Waals surface area contributed by atoms with Crippen molar-refractivity contribution in [2.24, 2.45) is 22.7 Å². The third-order valence-electron chi connectivity index (χ3n) is 14.4. The molecule has 334 valence electrons. The number of ketones is 1. The van der Waals surface area contributed by atoms with Crippen LogP contribution in [0.5, 0.6) is 0 Å². The van der Waals surface area contributed by atoms with Crippen molar-refractivity contribution >= 4 is 35.6 Å². The van der Waals surface area contributed by atoms with Crippen LogP contribution in [0.1, 0.15) is 119 Å². The Labute approximate surface area is 360 Å². The predicted molar refractivity (Wildman–Crippen MR) is 219 cm³/mol. The maximum absolute atomic E-state index is 15.5. The molecule has 12 atom stereocenters. The number of ether oxygens (including phenoxy) is 5. The number of hydrogen-bond acceptors (Lipinski definition) is 14. The summed E-state index contributed by atoms with van der Waals surface area (Å²) in [5.41, 5.74) is -5.92. The second-order valence-electron chi connectivity index (χ2n) is 18.9. The molecule has 0 aromatic heterocycles. The molecule has 62 heavy (non-hydrogen) atoms. The molecular formula is C47H57NO14. The van der Waals surface area contributed by atoms with E-state index in [0.29, 0.717) is 11.1 Å². The molecule has 3 fully saturated rings. The van der Waals surface area contributed by atoms with Gasteiger partial charge in [-0.3, -0.25) is 19.2 Å². The number of esters is 4. The first kappa shape index (κ1) is 45.1. The smallest absolute Gasteiger partial charge is 0.338 e. The van der Waals surface area contributed by atoms with Gasteiger partial charge in [0.15, 0.2) is 23.6 Å². The maximum Gasteiger partial charge on any atom is 0.338 e. The number of amides is 1. The van der Waals surface area contributed by atoms with Crippen molar-refractivity contribution < 1.29 is 67.8 Å². The van der Waals surface area contributed by atoms with Gasteiger partial charge in [0.05, 0.1) is 35.6 Å². The van der Waals surface area contributed by atoms with Crippen molar-refractivity contribution in [2.45, 2.75) is 141 Å². The molecule has 2 aromatic carbocycles. The van der Waals surface area contributed by atoms with Gasteiger partial charge in [0.1, 0.15) is 23.9 Å².